The van der Waals surface area contributed by atoms with E-state index in [-0.39, 0.29) is 18.3 Å². The summed E-state index contributed by atoms with van der Waals surface area (Å²) in [5.41, 5.74) is 7.00. The van der Waals surface area contributed by atoms with Crippen molar-refractivity contribution in [2.24, 2.45) is 5.73 Å². The average Bonchev–Trinajstić information content (AvgIpc) is 2.48. The Kier molecular flexibility index (Phi) is 8.21. The van der Waals surface area contributed by atoms with Crippen LogP contribution in [0.1, 0.15) is 37.7 Å². The highest BCUT2D eigenvalue weighted by Crippen LogP contribution is 2.26. The Morgan fingerprint density at radius 3 is 2.64 bits per heavy atom. The molecule has 1 aromatic rings. The third-order valence-electron chi connectivity index (χ3n) is 3.99. The van der Waals surface area contributed by atoms with Crippen LogP contribution < -0.4 is 15.8 Å². The lowest BCUT2D eigenvalue weighted by molar-refractivity contribution is -0.122. The maximum Gasteiger partial charge on any atom is 0.220 e. The Morgan fingerprint density at radius 1 is 1.36 bits per heavy atom. The van der Waals surface area contributed by atoms with Crippen LogP contribution in [0.25, 0.3) is 0 Å². The van der Waals surface area contributed by atoms with Crippen molar-refractivity contribution in [3.05, 3.63) is 28.2 Å². The van der Waals surface area contributed by atoms with Gasteiger partial charge in [-0.25, -0.2) is 0 Å². The number of carbonyl (C=O) groups excluding carboxylic acids is 1. The summed E-state index contributed by atoms with van der Waals surface area (Å²) in [6.45, 7) is 0. The van der Waals surface area contributed by atoms with Crippen molar-refractivity contribution in [2.75, 3.05) is 7.11 Å². The first-order valence-corrected chi connectivity index (χ1v) is 8.25. The molecular weight excluding hydrogens is 368 g/mol. The Balaban J connectivity index is 0.00000242. The minimum absolute atomic E-state index is 0. The van der Waals surface area contributed by atoms with Crippen molar-refractivity contribution in [3.8, 4) is 5.75 Å². The van der Waals surface area contributed by atoms with Crippen molar-refractivity contribution < 1.29 is 9.53 Å². The van der Waals surface area contributed by atoms with Gasteiger partial charge in [-0.05, 0) is 65.7 Å². The van der Waals surface area contributed by atoms with Crippen LogP contribution >= 0.6 is 28.3 Å². The van der Waals surface area contributed by atoms with E-state index in [1.165, 1.54) is 0 Å². The Labute approximate surface area is 146 Å². The third kappa shape index (κ3) is 5.78. The number of aryl methyl sites for hydroxylation is 1. The van der Waals surface area contributed by atoms with Crippen LogP contribution in [0.3, 0.4) is 0 Å². The fourth-order valence-corrected chi connectivity index (χ4v) is 3.27. The van der Waals surface area contributed by atoms with Gasteiger partial charge in [-0.15, -0.1) is 12.4 Å². The third-order valence-corrected chi connectivity index (χ3v) is 4.61. The SMILES string of the molecule is COc1ccc(CCC(=O)NC2CCC(N)CC2)cc1Br.Cl. The second-order valence-corrected chi connectivity index (χ2v) is 6.50. The molecule has 0 aliphatic heterocycles. The molecule has 4 nitrogen and oxygen atoms in total. The molecule has 0 spiro atoms. The molecule has 0 heterocycles. The largest absolute Gasteiger partial charge is 0.496 e. The number of amides is 1. The van der Waals surface area contributed by atoms with E-state index < -0.39 is 0 Å². The molecule has 0 aromatic heterocycles. The molecule has 0 unspecified atom stereocenters. The quantitative estimate of drug-likeness (QED) is 0.810. The summed E-state index contributed by atoms with van der Waals surface area (Å²) in [4.78, 5) is 12.0. The van der Waals surface area contributed by atoms with Gasteiger partial charge in [0.05, 0.1) is 11.6 Å². The molecular formula is C16H24BrClN2O2. The minimum Gasteiger partial charge on any atom is -0.496 e. The van der Waals surface area contributed by atoms with E-state index >= 15 is 0 Å². The highest BCUT2D eigenvalue weighted by molar-refractivity contribution is 9.10. The second kappa shape index (κ2) is 9.38. The van der Waals surface area contributed by atoms with Crippen LogP contribution in [0.4, 0.5) is 0 Å². The number of rotatable bonds is 5. The lowest BCUT2D eigenvalue weighted by atomic mass is 9.92. The molecule has 0 bridgehead atoms. The maximum absolute atomic E-state index is 12.0. The molecule has 1 saturated carbocycles. The monoisotopic (exact) mass is 390 g/mol. The number of methoxy groups -OCH3 is 1. The number of nitrogens with two attached hydrogens (primary N) is 1. The van der Waals surface area contributed by atoms with Gasteiger partial charge in [0.2, 0.25) is 5.91 Å². The van der Waals surface area contributed by atoms with E-state index in [1.807, 2.05) is 18.2 Å². The van der Waals surface area contributed by atoms with E-state index in [1.54, 1.807) is 7.11 Å². The first-order chi connectivity index (χ1) is 10.1. The highest BCUT2D eigenvalue weighted by atomic mass is 79.9. The summed E-state index contributed by atoms with van der Waals surface area (Å²) in [7, 11) is 1.64. The summed E-state index contributed by atoms with van der Waals surface area (Å²) in [6, 6.07) is 6.54. The molecule has 1 aliphatic carbocycles. The van der Waals surface area contributed by atoms with Crippen LogP contribution in [0, 0.1) is 0 Å². The Hall–Kier alpha value is -0.780. The number of hydrogen-bond donors (Lipinski definition) is 2. The zero-order valence-corrected chi connectivity index (χ0v) is 15.2. The summed E-state index contributed by atoms with van der Waals surface area (Å²) < 4.78 is 6.12. The topological polar surface area (TPSA) is 64.3 Å². The molecule has 0 radical (unpaired) electrons. The summed E-state index contributed by atoms with van der Waals surface area (Å²) in [5.74, 6) is 0.934. The van der Waals surface area contributed by atoms with Crippen molar-refractivity contribution in [3.63, 3.8) is 0 Å². The molecule has 3 N–H and O–H groups in total. The molecule has 1 amide bonds. The van der Waals surface area contributed by atoms with Gasteiger partial charge >= 0.3 is 0 Å². The zero-order chi connectivity index (χ0) is 15.2. The molecule has 2 rings (SSSR count). The fraction of sp³-hybridized carbons (Fsp3) is 0.562. The van der Waals surface area contributed by atoms with Crippen molar-refractivity contribution >= 4 is 34.2 Å². The van der Waals surface area contributed by atoms with Gasteiger partial charge in [-0.1, -0.05) is 6.07 Å². The van der Waals surface area contributed by atoms with E-state index in [9.17, 15) is 4.79 Å². The Morgan fingerprint density at radius 2 is 2.05 bits per heavy atom. The second-order valence-electron chi connectivity index (χ2n) is 5.65. The molecule has 6 heteroatoms. The highest BCUT2D eigenvalue weighted by Gasteiger charge is 2.19. The smallest absolute Gasteiger partial charge is 0.220 e. The van der Waals surface area contributed by atoms with Gasteiger partial charge in [0.15, 0.2) is 0 Å². The van der Waals surface area contributed by atoms with E-state index in [0.29, 0.717) is 18.5 Å². The number of nitrogens with one attached hydrogen (secondary N) is 1. The zero-order valence-electron chi connectivity index (χ0n) is 12.8. The van der Waals surface area contributed by atoms with Crippen LogP contribution in [0.2, 0.25) is 0 Å². The minimum atomic E-state index is 0. The normalized spacial score (nSPS) is 20.9. The summed E-state index contributed by atoms with van der Waals surface area (Å²) in [6.07, 6.45) is 5.27. The maximum atomic E-state index is 12.0. The van der Waals surface area contributed by atoms with Crippen LogP contribution in [0.5, 0.6) is 5.75 Å². The van der Waals surface area contributed by atoms with Crippen LogP contribution in [0.15, 0.2) is 22.7 Å². The predicted molar refractivity (Wildman–Crippen MR) is 94.6 cm³/mol. The lowest BCUT2D eigenvalue weighted by Crippen LogP contribution is -2.40. The van der Waals surface area contributed by atoms with Gasteiger partial charge in [0, 0.05) is 18.5 Å². The standard InChI is InChI=1S/C16H23BrN2O2.ClH/c1-21-15-8-2-11(10-14(15)17)3-9-16(20)19-13-6-4-12(18)5-7-13;/h2,8,10,12-13H,3-7,9,18H2,1H3,(H,19,20);1H. The summed E-state index contributed by atoms with van der Waals surface area (Å²) >= 11 is 3.46. The van der Waals surface area contributed by atoms with Gasteiger partial charge in [-0.3, -0.25) is 4.79 Å². The summed E-state index contributed by atoms with van der Waals surface area (Å²) in [5, 5.41) is 3.12. The van der Waals surface area contributed by atoms with Crippen LogP contribution in [-0.4, -0.2) is 25.1 Å². The molecule has 1 aliphatic rings. The first kappa shape index (κ1) is 19.3. The van der Waals surface area contributed by atoms with Crippen molar-refractivity contribution in [2.45, 2.75) is 50.6 Å². The predicted octanol–water partition coefficient (Wildman–Crippen LogP) is 3.20. The number of hydrogen-bond acceptors (Lipinski definition) is 3. The van der Waals surface area contributed by atoms with E-state index in [2.05, 4.69) is 21.2 Å². The molecule has 1 aromatic carbocycles. The number of benzene rings is 1. The number of ether oxygens (including phenoxy) is 1. The van der Waals surface area contributed by atoms with Crippen LogP contribution in [-0.2, 0) is 11.2 Å². The van der Waals surface area contributed by atoms with Crippen molar-refractivity contribution in [1.82, 2.24) is 5.32 Å². The van der Waals surface area contributed by atoms with Gasteiger partial charge < -0.3 is 15.8 Å². The molecule has 0 atom stereocenters. The average molecular weight is 392 g/mol. The lowest BCUT2D eigenvalue weighted by Gasteiger charge is -2.26. The van der Waals surface area contributed by atoms with Gasteiger partial charge in [-0.2, -0.15) is 0 Å². The molecule has 124 valence electrons. The number of carbonyl (C=O) groups is 1. The van der Waals surface area contributed by atoms with E-state index in [4.69, 9.17) is 10.5 Å². The molecule has 22 heavy (non-hydrogen) atoms. The van der Waals surface area contributed by atoms with Gasteiger partial charge in [0.1, 0.15) is 5.75 Å². The Bertz CT molecular complexity index is 491. The van der Waals surface area contributed by atoms with Gasteiger partial charge in [0.25, 0.3) is 0 Å². The fourth-order valence-electron chi connectivity index (χ4n) is 2.69. The molecule has 0 saturated heterocycles. The number of halogens is 2. The van der Waals surface area contributed by atoms with Crippen molar-refractivity contribution in [1.29, 1.82) is 0 Å². The van der Waals surface area contributed by atoms with E-state index in [0.717, 1.165) is 47.9 Å². The molecule has 1 fully saturated rings. The first-order valence-electron chi connectivity index (χ1n) is 7.46.